The van der Waals surface area contributed by atoms with Crippen molar-refractivity contribution in [2.45, 2.75) is 0 Å². The Morgan fingerprint density at radius 2 is 0.914 bits per heavy atom. The number of fused-ring (bicyclic) bond motifs is 9. The monoisotopic (exact) mass is 743 g/mol. The average Bonchev–Trinajstić information content (AvgIpc) is 3.65. The molecule has 3 heterocycles. The summed E-state index contributed by atoms with van der Waals surface area (Å²) in [5, 5.41) is 2.02. The summed E-state index contributed by atoms with van der Waals surface area (Å²) in [5.74, 6) is 3.25. The van der Waals surface area contributed by atoms with Gasteiger partial charge in [-0.15, -0.1) is 0 Å². The van der Waals surface area contributed by atoms with Crippen molar-refractivity contribution in [3.63, 3.8) is 0 Å². The molecule has 0 radical (unpaired) electrons. The predicted molar refractivity (Wildman–Crippen MR) is 235 cm³/mol. The Morgan fingerprint density at radius 1 is 0.310 bits per heavy atom. The van der Waals surface area contributed by atoms with E-state index in [1.54, 1.807) is 0 Å². The minimum Gasteiger partial charge on any atom is -0.456 e. The Bertz CT molecular complexity index is 3200. The number of rotatable bonds is 4. The largest absolute Gasteiger partial charge is 0.456 e. The first-order chi connectivity index (χ1) is 28.7. The summed E-state index contributed by atoms with van der Waals surface area (Å²) in [4.78, 5) is 15.4. The quantitative estimate of drug-likeness (QED) is 0.180. The van der Waals surface area contributed by atoms with E-state index in [1.165, 1.54) is 0 Å². The third-order valence-electron chi connectivity index (χ3n) is 10.8. The Morgan fingerprint density at radius 3 is 1.72 bits per heavy atom. The van der Waals surface area contributed by atoms with E-state index in [2.05, 4.69) is 133 Å². The normalized spacial score (nSPS) is 12.4. The highest BCUT2D eigenvalue weighted by atomic mass is 16.5. The molecule has 2 aromatic heterocycles. The fourth-order valence-corrected chi connectivity index (χ4v) is 7.90. The molecule has 0 bridgehead atoms. The second-order valence-corrected chi connectivity index (χ2v) is 14.4. The molecule has 272 valence electrons. The van der Waals surface area contributed by atoms with Crippen LogP contribution in [0.3, 0.4) is 0 Å². The van der Waals surface area contributed by atoms with Gasteiger partial charge in [-0.1, -0.05) is 164 Å². The topological polar surface area (TPSA) is 61.0 Å². The van der Waals surface area contributed by atoms with E-state index in [9.17, 15) is 0 Å². The van der Waals surface area contributed by atoms with Crippen molar-refractivity contribution in [1.29, 1.82) is 0 Å². The molecule has 0 aliphatic carbocycles. The SMILES string of the molecule is C1=C\c2ccc(-c3nc(-c4ccccc4)nc(-c4cccc(-c5ccccc5)c4)n3)cc2-c2cc3oc4ccccc4c3cc2Oc2ccccc2-c2ccccc2/1. The standard InChI is InChI=1S/C53H33N3O2/c1-3-14-34(15-4-1)38-19-13-20-39(30-38)52-54-51(37-17-5-2-6-18-37)55-53(56-52)40-29-28-36-27-26-35-16-7-8-21-41(35)42-22-9-11-24-47(42)57-50-32-45-43-23-10-12-25-48(43)58-49(45)33-46(50)44(36)31-40/h1-33H/b27-26-. The maximum atomic E-state index is 7.05. The summed E-state index contributed by atoms with van der Waals surface area (Å²) < 4.78 is 13.5. The zero-order valence-electron chi connectivity index (χ0n) is 31.2. The van der Waals surface area contributed by atoms with E-state index in [1.807, 2.05) is 66.7 Å². The zero-order chi connectivity index (χ0) is 38.4. The molecule has 10 aromatic rings. The van der Waals surface area contributed by atoms with Gasteiger partial charge in [0.25, 0.3) is 0 Å². The van der Waals surface area contributed by atoms with Crippen molar-refractivity contribution < 1.29 is 9.15 Å². The molecule has 58 heavy (non-hydrogen) atoms. The number of para-hydroxylation sites is 2. The van der Waals surface area contributed by atoms with Gasteiger partial charge >= 0.3 is 0 Å². The minimum absolute atomic E-state index is 0.568. The van der Waals surface area contributed by atoms with Crippen LogP contribution in [0.15, 0.2) is 192 Å². The fraction of sp³-hybridized carbons (Fsp3) is 0. The van der Waals surface area contributed by atoms with Crippen molar-refractivity contribution in [3.05, 3.63) is 199 Å². The van der Waals surface area contributed by atoms with Crippen LogP contribution in [-0.2, 0) is 0 Å². The van der Waals surface area contributed by atoms with Gasteiger partial charge in [0, 0.05) is 38.6 Å². The number of ether oxygens (including phenoxy) is 1. The lowest BCUT2D eigenvalue weighted by atomic mass is 9.94. The lowest BCUT2D eigenvalue weighted by Gasteiger charge is -2.17. The Balaban J connectivity index is 1.15. The molecular weight excluding hydrogens is 711 g/mol. The van der Waals surface area contributed by atoms with Crippen LogP contribution in [0.5, 0.6) is 11.5 Å². The molecule has 0 spiro atoms. The Hall–Kier alpha value is -7.89. The molecule has 0 saturated carbocycles. The zero-order valence-corrected chi connectivity index (χ0v) is 31.2. The average molecular weight is 744 g/mol. The molecule has 11 rings (SSSR count). The van der Waals surface area contributed by atoms with Crippen LogP contribution < -0.4 is 4.74 Å². The maximum absolute atomic E-state index is 7.05. The third-order valence-corrected chi connectivity index (χ3v) is 10.8. The molecule has 0 atom stereocenters. The molecular formula is C53H33N3O2. The predicted octanol–water partition coefficient (Wildman–Crippen LogP) is 14.0. The van der Waals surface area contributed by atoms with Crippen LogP contribution in [0.1, 0.15) is 11.1 Å². The first kappa shape index (κ1) is 33.4. The van der Waals surface area contributed by atoms with Crippen molar-refractivity contribution in [2.75, 3.05) is 0 Å². The second kappa shape index (κ2) is 14.0. The lowest BCUT2D eigenvalue weighted by Crippen LogP contribution is -2.01. The van der Waals surface area contributed by atoms with Crippen LogP contribution in [-0.4, -0.2) is 15.0 Å². The van der Waals surface area contributed by atoms with Crippen molar-refractivity contribution >= 4 is 34.1 Å². The smallest absolute Gasteiger partial charge is 0.164 e. The molecule has 0 saturated heterocycles. The number of benzene rings is 8. The molecule has 1 aliphatic rings. The van der Waals surface area contributed by atoms with Gasteiger partial charge in [0.15, 0.2) is 17.5 Å². The van der Waals surface area contributed by atoms with E-state index in [4.69, 9.17) is 24.1 Å². The third kappa shape index (κ3) is 6.03. The Labute approximate surface area is 335 Å². The highest BCUT2D eigenvalue weighted by Crippen LogP contribution is 2.45. The summed E-state index contributed by atoms with van der Waals surface area (Å²) in [6, 6.07) is 64.3. The summed E-state index contributed by atoms with van der Waals surface area (Å²) in [6.07, 6.45) is 4.37. The highest BCUT2D eigenvalue weighted by Gasteiger charge is 2.21. The molecule has 0 amide bonds. The van der Waals surface area contributed by atoms with E-state index >= 15 is 0 Å². The molecule has 0 N–H and O–H groups in total. The van der Waals surface area contributed by atoms with Crippen LogP contribution >= 0.6 is 0 Å². The number of hydrogen-bond donors (Lipinski definition) is 0. The van der Waals surface area contributed by atoms with Crippen LogP contribution in [0.25, 0.3) is 102 Å². The van der Waals surface area contributed by atoms with E-state index in [0.717, 1.165) is 94.6 Å². The summed E-state index contributed by atoms with van der Waals surface area (Å²) in [6.45, 7) is 0. The first-order valence-electron chi connectivity index (χ1n) is 19.3. The van der Waals surface area contributed by atoms with Crippen LogP contribution in [0.2, 0.25) is 0 Å². The van der Waals surface area contributed by atoms with Gasteiger partial charge in [-0.05, 0) is 69.8 Å². The van der Waals surface area contributed by atoms with E-state index < -0.39 is 0 Å². The highest BCUT2D eigenvalue weighted by molar-refractivity contribution is 6.07. The number of nitrogens with zero attached hydrogens (tertiary/aromatic N) is 3. The second-order valence-electron chi connectivity index (χ2n) is 14.4. The molecule has 5 nitrogen and oxygen atoms in total. The van der Waals surface area contributed by atoms with Crippen LogP contribution in [0, 0.1) is 0 Å². The van der Waals surface area contributed by atoms with Crippen molar-refractivity contribution in [3.8, 4) is 79.0 Å². The Kier molecular flexibility index (Phi) is 8.07. The van der Waals surface area contributed by atoms with Crippen molar-refractivity contribution in [2.24, 2.45) is 0 Å². The number of aromatic nitrogens is 3. The van der Waals surface area contributed by atoms with Gasteiger partial charge in [-0.25, -0.2) is 15.0 Å². The number of hydrogen-bond acceptors (Lipinski definition) is 5. The summed E-state index contributed by atoms with van der Waals surface area (Å²) in [5.41, 5.74) is 12.5. The first-order valence-corrected chi connectivity index (χ1v) is 19.3. The van der Waals surface area contributed by atoms with E-state index in [0.29, 0.717) is 17.5 Å². The van der Waals surface area contributed by atoms with Crippen molar-refractivity contribution in [1.82, 2.24) is 15.0 Å². The minimum atomic E-state index is 0.568. The molecule has 1 aliphatic heterocycles. The maximum Gasteiger partial charge on any atom is 0.164 e. The molecule has 0 fully saturated rings. The molecule has 5 heteroatoms. The van der Waals surface area contributed by atoms with Gasteiger partial charge in [0.05, 0.1) is 0 Å². The number of furan rings is 1. The molecule has 0 unspecified atom stereocenters. The summed E-state index contributed by atoms with van der Waals surface area (Å²) in [7, 11) is 0. The van der Waals surface area contributed by atoms with Gasteiger partial charge < -0.3 is 9.15 Å². The van der Waals surface area contributed by atoms with E-state index in [-0.39, 0.29) is 0 Å². The van der Waals surface area contributed by atoms with Gasteiger partial charge in [-0.2, -0.15) is 0 Å². The van der Waals surface area contributed by atoms with Gasteiger partial charge in [-0.3, -0.25) is 0 Å². The fourth-order valence-electron chi connectivity index (χ4n) is 7.90. The lowest BCUT2D eigenvalue weighted by molar-refractivity contribution is 0.487. The van der Waals surface area contributed by atoms with Gasteiger partial charge in [0.1, 0.15) is 22.7 Å². The summed E-state index contributed by atoms with van der Waals surface area (Å²) >= 11 is 0. The molecule has 8 aromatic carbocycles. The van der Waals surface area contributed by atoms with Gasteiger partial charge in [0.2, 0.25) is 0 Å². The van der Waals surface area contributed by atoms with Crippen LogP contribution in [0.4, 0.5) is 0 Å².